The lowest BCUT2D eigenvalue weighted by Gasteiger charge is -2.32. The van der Waals surface area contributed by atoms with Gasteiger partial charge >= 0.3 is 0 Å². The molecule has 1 aliphatic heterocycles. The molecule has 1 saturated heterocycles. The van der Waals surface area contributed by atoms with Crippen LogP contribution in [0.15, 0.2) is 41.7 Å². The Morgan fingerprint density at radius 2 is 1.94 bits per heavy atom. The Kier molecular flexibility index (Phi) is 5.61. The second-order valence-corrected chi connectivity index (χ2v) is 8.26. The molecule has 0 spiro atoms. The Labute approximate surface area is 184 Å². The van der Waals surface area contributed by atoms with Gasteiger partial charge in [0.05, 0.1) is 18.2 Å². The zero-order valence-electron chi connectivity index (χ0n) is 17.7. The Bertz CT molecular complexity index is 1120. The number of nitrogens with zero attached hydrogens (tertiary/aromatic N) is 8. The Hall–Kier alpha value is -3.63. The third-order valence-electron chi connectivity index (χ3n) is 5.91. The molecule has 3 aromatic rings. The van der Waals surface area contributed by atoms with E-state index in [9.17, 15) is 9.59 Å². The molecule has 1 amide bonds. The van der Waals surface area contributed by atoms with E-state index >= 15 is 0 Å². The fourth-order valence-corrected chi connectivity index (χ4v) is 3.99. The molecule has 1 atom stereocenters. The van der Waals surface area contributed by atoms with E-state index in [4.69, 9.17) is 0 Å². The van der Waals surface area contributed by atoms with Crippen molar-refractivity contribution in [1.82, 2.24) is 40.1 Å². The van der Waals surface area contributed by atoms with Crippen molar-refractivity contribution in [3.63, 3.8) is 0 Å². The number of nitrogens with one attached hydrogen (secondary N) is 1. The smallest absolute Gasteiger partial charge is 0.266 e. The minimum absolute atomic E-state index is 0.00621. The van der Waals surface area contributed by atoms with Gasteiger partial charge in [-0.3, -0.25) is 9.59 Å². The van der Waals surface area contributed by atoms with E-state index in [2.05, 4.69) is 35.6 Å². The van der Waals surface area contributed by atoms with E-state index in [-0.39, 0.29) is 17.4 Å². The number of piperidine rings is 1. The van der Waals surface area contributed by atoms with Gasteiger partial charge in [-0.1, -0.05) is 0 Å². The third kappa shape index (κ3) is 4.51. The molecular weight excluding hydrogens is 410 g/mol. The summed E-state index contributed by atoms with van der Waals surface area (Å²) in [6.45, 7) is 2.16. The van der Waals surface area contributed by atoms with E-state index in [1.807, 2.05) is 18.2 Å². The van der Waals surface area contributed by atoms with E-state index < -0.39 is 0 Å². The van der Waals surface area contributed by atoms with Crippen LogP contribution in [0.5, 0.6) is 0 Å². The summed E-state index contributed by atoms with van der Waals surface area (Å²) in [5.74, 6) is 1.67. The second kappa shape index (κ2) is 8.85. The van der Waals surface area contributed by atoms with Crippen LogP contribution in [0.4, 0.5) is 5.82 Å². The summed E-state index contributed by atoms with van der Waals surface area (Å²) in [7, 11) is 0. The minimum atomic E-state index is -0.139. The summed E-state index contributed by atoms with van der Waals surface area (Å²) < 4.78 is 3.00. The van der Waals surface area contributed by atoms with Gasteiger partial charge in [0, 0.05) is 31.6 Å². The van der Waals surface area contributed by atoms with Crippen LogP contribution in [-0.2, 0) is 11.3 Å². The largest absolute Gasteiger partial charge is 0.354 e. The summed E-state index contributed by atoms with van der Waals surface area (Å²) in [6, 6.07) is 7.10. The molecule has 5 rings (SSSR count). The predicted octanol–water partition coefficient (Wildman–Crippen LogP) is 0.524. The van der Waals surface area contributed by atoms with Crippen LogP contribution in [0, 0.1) is 5.92 Å². The van der Waals surface area contributed by atoms with Crippen LogP contribution in [0.3, 0.4) is 0 Å². The van der Waals surface area contributed by atoms with E-state index in [0.717, 1.165) is 43.7 Å². The lowest BCUT2D eigenvalue weighted by molar-refractivity contribution is -0.125. The summed E-state index contributed by atoms with van der Waals surface area (Å²) in [4.78, 5) is 30.8. The van der Waals surface area contributed by atoms with Crippen molar-refractivity contribution in [1.29, 1.82) is 0 Å². The lowest BCUT2D eigenvalue weighted by Crippen LogP contribution is -2.44. The van der Waals surface area contributed by atoms with Gasteiger partial charge in [0.25, 0.3) is 5.56 Å². The zero-order valence-corrected chi connectivity index (χ0v) is 17.7. The van der Waals surface area contributed by atoms with Crippen LogP contribution >= 0.6 is 0 Å². The maximum Gasteiger partial charge on any atom is 0.266 e. The lowest BCUT2D eigenvalue weighted by atomic mass is 9.97. The number of carbonyl (C=O) groups excluding carboxylic acids is 1. The third-order valence-corrected chi connectivity index (χ3v) is 5.91. The molecule has 32 heavy (non-hydrogen) atoms. The molecule has 2 aliphatic rings. The second-order valence-electron chi connectivity index (χ2n) is 8.26. The standard InChI is InChI=1S/C21H25N9O2/c31-20-8-5-17(15-3-4-15)27-29(20)11-9-23-21(32)16-2-1-10-28(12-16)18-6-7-19(26-25-18)30-14-22-13-24-30/h5-8,13-16H,1-4,9-12H2,(H,23,32). The van der Waals surface area contributed by atoms with Gasteiger partial charge in [0.15, 0.2) is 11.6 Å². The van der Waals surface area contributed by atoms with Crippen molar-refractivity contribution in [3.05, 3.63) is 53.0 Å². The first-order valence-corrected chi connectivity index (χ1v) is 11.0. The van der Waals surface area contributed by atoms with Gasteiger partial charge < -0.3 is 10.2 Å². The van der Waals surface area contributed by atoms with Crippen molar-refractivity contribution >= 4 is 11.7 Å². The molecule has 11 nitrogen and oxygen atoms in total. The van der Waals surface area contributed by atoms with Gasteiger partial charge in [0.1, 0.15) is 12.7 Å². The Balaban J connectivity index is 1.15. The molecule has 11 heteroatoms. The normalized spacial score (nSPS) is 18.5. The monoisotopic (exact) mass is 435 g/mol. The van der Waals surface area contributed by atoms with Crippen LogP contribution in [0.1, 0.15) is 37.3 Å². The number of hydrogen-bond acceptors (Lipinski definition) is 8. The number of amides is 1. The van der Waals surface area contributed by atoms with Crippen LogP contribution < -0.4 is 15.8 Å². The average molecular weight is 435 g/mol. The van der Waals surface area contributed by atoms with Crippen LogP contribution in [0.25, 0.3) is 5.82 Å². The SMILES string of the molecule is O=C(NCCn1nc(C2CC2)ccc1=O)C1CCCN(c2ccc(-n3cncn3)nn2)C1. The van der Waals surface area contributed by atoms with Gasteiger partial charge in [-0.15, -0.1) is 10.2 Å². The Morgan fingerprint density at radius 3 is 2.69 bits per heavy atom. The van der Waals surface area contributed by atoms with Crippen molar-refractivity contribution in [3.8, 4) is 5.82 Å². The highest BCUT2D eigenvalue weighted by Gasteiger charge is 2.27. The fraction of sp³-hybridized carbons (Fsp3) is 0.476. The molecular formula is C21H25N9O2. The summed E-state index contributed by atoms with van der Waals surface area (Å²) in [6.07, 6.45) is 7.00. The fourth-order valence-electron chi connectivity index (χ4n) is 3.99. The summed E-state index contributed by atoms with van der Waals surface area (Å²) in [5.41, 5.74) is 0.829. The van der Waals surface area contributed by atoms with Crippen molar-refractivity contribution in [2.24, 2.45) is 5.92 Å². The molecule has 4 heterocycles. The number of carbonyl (C=O) groups is 1. The summed E-state index contributed by atoms with van der Waals surface area (Å²) in [5, 5.41) is 20.0. The molecule has 0 radical (unpaired) electrons. The van der Waals surface area contributed by atoms with Gasteiger partial charge in [0.2, 0.25) is 5.91 Å². The first-order chi connectivity index (χ1) is 15.7. The molecule has 1 saturated carbocycles. The maximum absolute atomic E-state index is 12.7. The molecule has 1 unspecified atom stereocenters. The number of rotatable bonds is 7. The quantitative estimate of drug-likeness (QED) is 0.570. The Morgan fingerprint density at radius 1 is 1.09 bits per heavy atom. The number of hydrogen-bond donors (Lipinski definition) is 1. The van der Waals surface area contributed by atoms with Crippen LogP contribution in [-0.4, -0.2) is 60.3 Å². The maximum atomic E-state index is 12.7. The molecule has 0 bridgehead atoms. The van der Waals surface area contributed by atoms with Crippen LogP contribution in [0.2, 0.25) is 0 Å². The molecule has 0 aromatic carbocycles. The topological polar surface area (TPSA) is 124 Å². The molecule has 1 N–H and O–H groups in total. The van der Waals surface area contributed by atoms with Crippen molar-refractivity contribution < 1.29 is 4.79 Å². The zero-order chi connectivity index (χ0) is 21.9. The highest BCUT2D eigenvalue weighted by atomic mass is 16.2. The van der Waals surface area contributed by atoms with Gasteiger partial charge in [-0.2, -0.15) is 10.2 Å². The van der Waals surface area contributed by atoms with Gasteiger partial charge in [-0.05, 0) is 43.9 Å². The average Bonchev–Trinajstić information content (AvgIpc) is 3.54. The molecule has 3 aromatic heterocycles. The molecule has 166 valence electrons. The molecule has 2 fully saturated rings. The predicted molar refractivity (Wildman–Crippen MR) is 115 cm³/mol. The van der Waals surface area contributed by atoms with E-state index in [1.165, 1.54) is 11.0 Å². The highest BCUT2D eigenvalue weighted by Crippen LogP contribution is 2.38. The first kappa shape index (κ1) is 20.3. The highest BCUT2D eigenvalue weighted by molar-refractivity contribution is 5.79. The van der Waals surface area contributed by atoms with Crippen molar-refractivity contribution in [2.75, 3.05) is 24.5 Å². The minimum Gasteiger partial charge on any atom is -0.354 e. The van der Waals surface area contributed by atoms with E-state index in [0.29, 0.717) is 31.4 Å². The van der Waals surface area contributed by atoms with Gasteiger partial charge in [-0.25, -0.2) is 14.3 Å². The summed E-state index contributed by atoms with van der Waals surface area (Å²) >= 11 is 0. The first-order valence-electron chi connectivity index (χ1n) is 11.0. The van der Waals surface area contributed by atoms with Crippen molar-refractivity contribution in [2.45, 2.75) is 38.1 Å². The molecule has 1 aliphatic carbocycles. The van der Waals surface area contributed by atoms with E-state index in [1.54, 1.807) is 17.1 Å². The number of aromatic nitrogens is 7. The number of anilines is 1.